The van der Waals surface area contributed by atoms with Gasteiger partial charge in [0.25, 0.3) is 5.95 Å². The van der Waals surface area contributed by atoms with E-state index in [4.69, 9.17) is 26.9 Å². The summed E-state index contributed by atoms with van der Waals surface area (Å²) >= 11 is 7.21. The van der Waals surface area contributed by atoms with Gasteiger partial charge in [-0.1, -0.05) is 41.6 Å². The number of carbonyl (C=O) groups is 1. The van der Waals surface area contributed by atoms with Crippen LogP contribution in [-0.2, 0) is 4.79 Å². The van der Waals surface area contributed by atoms with E-state index in [2.05, 4.69) is 26.0 Å². The first-order valence-electron chi connectivity index (χ1n) is 9.16. The zero-order chi connectivity index (χ0) is 21.6. The number of nitrogen functional groups attached to an aromatic ring is 1. The van der Waals surface area contributed by atoms with Crippen LogP contribution in [0.5, 0.6) is 11.5 Å². The van der Waals surface area contributed by atoms with Gasteiger partial charge in [-0.15, -0.1) is 10.2 Å². The van der Waals surface area contributed by atoms with Gasteiger partial charge in [0.1, 0.15) is 13.2 Å². The van der Waals surface area contributed by atoms with Crippen LogP contribution >= 0.6 is 23.4 Å². The summed E-state index contributed by atoms with van der Waals surface area (Å²) in [7, 11) is 0. The molecule has 160 valence electrons. The zero-order valence-corrected chi connectivity index (χ0v) is 17.7. The van der Waals surface area contributed by atoms with Gasteiger partial charge in [0.05, 0.1) is 12.0 Å². The van der Waals surface area contributed by atoms with E-state index < -0.39 is 0 Å². The highest BCUT2D eigenvalue weighted by Crippen LogP contribution is 2.32. The maximum atomic E-state index is 12.3. The fourth-order valence-corrected chi connectivity index (χ4v) is 3.48. The molecule has 0 spiro atoms. The first-order chi connectivity index (χ1) is 15.1. The van der Waals surface area contributed by atoms with Crippen LogP contribution in [0.2, 0.25) is 5.02 Å². The second-order valence-electron chi connectivity index (χ2n) is 6.26. The number of amides is 1. The fraction of sp³-hybridized carbons (Fsp3) is 0.158. The Morgan fingerprint density at radius 2 is 2.03 bits per heavy atom. The summed E-state index contributed by atoms with van der Waals surface area (Å²) in [6.45, 7) is 0.989. The van der Waals surface area contributed by atoms with Crippen molar-refractivity contribution >= 4 is 47.1 Å². The molecule has 4 rings (SSSR count). The minimum absolute atomic E-state index is 0.0899. The Labute approximate surface area is 186 Å². The average molecular weight is 460 g/mol. The van der Waals surface area contributed by atoms with Crippen LogP contribution in [0.25, 0.3) is 0 Å². The molecule has 1 amide bonds. The molecule has 3 aromatic rings. The Morgan fingerprint density at radius 1 is 1.23 bits per heavy atom. The number of hydrogen-bond acceptors (Lipinski definition) is 9. The van der Waals surface area contributed by atoms with E-state index in [-0.39, 0.29) is 17.6 Å². The molecule has 12 heteroatoms. The number of hydrazone groups is 1. The molecule has 0 atom stereocenters. The van der Waals surface area contributed by atoms with Gasteiger partial charge in [-0.2, -0.15) is 5.10 Å². The van der Waals surface area contributed by atoms with Crippen molar-refractivity contribution in [2.24, 2.45) is 5.10 Å². The van der Waals surface area contributed by atoms with Gasteiger partial charge in [-0.25, -0.2) is 10.1 Å². The van der Waals surface area contributed by atoms with E-state index in [1.165, 1.54) is 4.68 Å². The van der Waals surface area contributed by atoms with Crippen LogP contribution in [0.15, 0.2) is 52.7 Å². The first kappa shape index (κ1) is 20.8. The molecule has 0 saturated carbocycles. The lowest BCUT2D eigenvalue weighted by Crippen LogP contribution is -2.18. The molecule has 4 N–H and O–H groups in total. The summed E-state index contributed by atoms with van der Waals surface area (Å²) in [5.74, 6) is 7.32. The van der Waals surface area contributed by atoms with Crippen LogP contribution in [0.1, 0.15) is 5.56 Å². The summed E-state index contributed by atoms with van der Waals surface area (Å²) in [6.07, 6.45) is 1.55. The van der Waals surface area contributed by atoms with Gasteiger partial charge < -0.3 is 20.6 Å². The summed E-state index contributed by atoms with van der Waals surface area (Å²) in [5.41, 5.74) is 4.05. The second kappa shape index (κ2) is 9.58. The highest BCUT2D eigenvalue weighted by molar-refractivity contribution is 7.99. The average Bonchev–Trinajstić information content (AvgIpc) is 3.13. The zero-order valence-electron chi connectivity index (χ0n) is 16.1. The van der Waals surface area contributed by atoms with Gasteiger partial charge in [0, 0.05) is 22.3 Å². The molecule has 0 fully saturated rings. The molecular weight excluding hydrogens is 442 g/mol. The summed E-state index contributed by atoms with van der Waals surface area (Å²) in [5, 5.41) is 15.7. The molecule has 31 heavy (non-hydrogen) atoms. The monoisotopic (exact) mass is 459 g/mol. The van der Waals surface area contributed by atoms with Gasteiger partial charge in [0.2, 0.25) is 11.1 Å². The van der Waals surface area contributed by atoms with E-state index in [1.54, 1.807) is 30.5 Å². The van der Waals surface area contributed by atoms with Crippen molar-refractivity contribution in [2.75, 3.05) is 35.6 Å². The number of hydrogen-bond donors (Lipinski definition) is 3. The predicted octanol–water partition coefficient (Wildman–Crippen LogP) is 2.59. The van der Waals surface area contributed by atoms with E-state index >= 15 is 0 Å². The molecule has 1 aromatic heterocycles. The third-order valence-electron chi connectivity index (χ3n) is 4.10. The summed E-state index contributed by atoms with van der Waals surface area (Å²) in [6, 6.07) is 12.5. The number of carbonyl (C=O) groups excluding carboxylic acids is 1. The highest BCUT2D eigenvalue weighted by atomic mass is 35.5. The lowest BCUT2D eigenvalue weighted by molar-refractivity contribution is -0.113. The molecule has 10 nitrogen and oxygen atoms in total. The normalized spacial score (nSPS) is 12.7. The van der Waals surface area contributed by atoms with Crippen LogP contribution in [0, 0.1) is 0 Å². The number of rotatable bonds is 7. The third-order valence-corrected chi connectivity index (χ3v) is 5.38. The molecule has 0 radical (unpaired) electrons. The number of benzene rings is 2. The van der Waals surface area contributed by atoms with E-state index in [9.17, 15) is 4.79 Å². The lowest BCUT2D eigenvalue weighted by Gasteiger charge is -2.18. The maximum Gasteiger partial charge on any atom is 0.264 e. The predicted molar refractivity (Wildman–Crippen MR) is 120 cm³/mol. The molecule has 0 saturated heterocycles. The number of ether oxygens (including phenoxy) is 2. The Balaban J connectivity index is 1.30. The minimum Gasteiger partial charge on any atom is -0.486 e. The maximum absolute atomic E-state index is 12.3. The Bertz CT molecular complexity index is 1120. The van der Waals surface area contributed by atoms with Crippen molar-refractivity contribution in [2.45, 2.75) is 5.16 Å². The smallest absolute Gasteiger partial charge is 0.264 e. The number of fused-ring (bicyclic) bond motifs is 1. The molecule has 0 aliphatic carbocycles. The molecule has 2 heterocycles. The van der Waals surface area contributed by atoms with Gasteiger partial charge in [0.15, 0.2) is 11.5 Å². The Morgan fingerprint density at radius 3 is 2.87 bits per heavy atom. The third kappa shape index (κ3) is 5.19. The Hall–Kier alpha value is -3.44. The van der Waals surface area contributed by atoms with E-state index in [0.717, 1.165) is 17.3 Å². The van der Waals surface area contributed by atoms with Crippen molar-refractivity contribution in [1.82, 2.24) is 14.9 Å². The largest absolute Gasteiger partial charge is 0.486 e. The topological polar surface area (TPSA) is 129 Å². The Kier molecular flexibility index (Phi) is 6.43. The fourth-order valence-electron chi connectivity index (χ4n) is 2.64. The van der Waals surface area contributed by atoms with E-state index in [0.29, 0.717) is 40.6 Å². The summed E-state index contributed by atoms with van der Waals surface area (Å²) in [4.78, 5) is 12.3. The van der Waals surface area contributed by atoms with Crippen molar-refractivity contribution in [3.63, 3.8) is 0 Å². The summed E-state index contributed by atoms with van der Waals surface area (Å²) < 4.78 is 12.2. The van der Waals surface area contributed by atoms with Crippen molar-refractivity contribution in [3.8, 4) is 11.5 Å². The van der Waals surface area contributed by atoms with Gasteiger partial charge in [-0.05, 0) is 18.2 Å². The standard InChI is InChI=1S/C19H18ClN7O3S/c20-14-4-2-1-3-12(14)10-22-24-18-25-26-19(27(18)21)31-11-17(28)23-13-5-6-15-16(9-13)30-8-7-29-15/h1-6,9-10H,7-8,11,21H2,(H,23,28)(H,24,25)/b22-10+. The van der Waals surface area contributed by atoms with Crippen LogP contribution in [0.4, 0.5) is 11.6 Å². The van der Waals surface area contributed by atoms with Crippen molar-refractivity contribution < 1.29 is 14.3 Å². The van der Waals surface area contributed by atoms with Gasteiger partial charge >= 0.3 is 0 Å². The highest BCUT2D eigenvalue weighted by Gasteiger charge is 2.15. The lowest BCUT2D eigenvalue weighted by atomic mass is 10.2. The molecule has 0 bridgehead atoms. The first-order valence-corrected chi connectivity index (χ1v) is 10.5. The van der Waals surface area contributed by atoms with E-state index in [1.807, 2.05) is 18.2 Å². The van der Waals surface area contributed by atoms with Gasteiger partial charge in [-0.3, -0.25) is 4.79 Å². The number of nitrogens with zero attached hydrogens (tertiary/aromatic N) is 4. The number of anilines is 2. The molecule has 1 aliphatic heterocycles. The van der Waals surface area contributed by atoms with Crippen LogP contribution in [0.3, 0.4) is 0 Å². The van der Waals surface area contributed by atoms with Crippen molar-refractivity contribution in [3.05, 3.63) is 53.1 Å². The number of nitrogens with two attached hydrogens (primary N) is 1. The number of thioether (sulfide) groups is 1. The quantitative estimate of drug-likeness (QED) is 0.213. The molecular formula is C19H18ClN7O3S. The second-order valence-corrected chi connectivity index (χ2v) is 7.61. The van der Waals surface area contributed by atoms with Crippen LogP contribution < -0.4 is 26.1 Å². The molecule has 1 aliphatic rings. The minimum atomic E-state index is -0.226. The molecule has 2 aromatic carbocycles. The number of nitrogens with one attached hydrogen (secondary N) is 2. The molecule has 0 unspecified atom stereocenters. The van der Waals surface area contributed by atoms with Crippen LogP contribution in [-0.4, -0.2) is 46.0 Å². The van der Waals surface area contributed by atoms with Crippen molar-refractivity contribution in [1.29, 1.82) is 0 Å². The SMILES string of the molecule is Nn1c(N/N=C/c2ccccc2Cl)nnc1SCC(=O)Nc1ccc2c(c1)OCCO2. The number of halogens is 1. The number of aromatic nitrogens is 3.